The number of nitrogens with one attached hydrogen (secondary N) is 1. The molecule has 0 fully saturated rings. The Balaban J connectivity index is 2.03. The number of hydrogen-bond acceptors (Lipinski definition) is 3. The molecule has 1 atom stereocenters. The molecule has 1 aromatic heterocycles. The van der Waals surface area contributed by atoms with Crippen molar-refractivity contribution in [2.75, 3.05) is 13.7 Å². The molecule has 2 aromatic rings. The zero-order valence-corrected chi connectivity index (χ0v) is 12.6. The van der Waals surface area contributed by atoms with Gasteiger partial charge in [0, 0.05) is 30.8 Å². The van der Waals surface area contributed by atoms with Crippen LogP contribution in [0.25, 0.3) is 10.9 Å². The number of nitrogens with zero attached hydrogens (tertiary/aromatic N) is 1. The van der Waals surface area contributed by atoms with Gasteiger partial charge in [0.25, 0.3) is 0 Å². The molecule has 20 heavy (non-hydrogen) atoms. The van der Waals surface area contributed by atoms with Crippen molar-refractivity contribution >= 4 is 10.9 Å². The summed E-state index contributed by atoms with van der Waals surface area (Å²) in [6.07, 6.45) is 2.31. The Morgan fingerprint density at radius 1 is 1.25 bits per heavy atom. The fourth-order valence-corrected chi connectivity index (χ4v) is 2.44. The van der Waals surface area contributed by atoms with Crippen molar-refractivity contribution in [3.05, 3.63) is 41.6 Å². The number of pyridine rings is 1. The summed E-state index contributed by atoms with van der Waals surface area (Å²) in [4.78, 5) is 4.53. The largest absolute Gasteiger partial charge is 0.383 e. The first-order chi connectivity index (χ1) is 9.72. The Labute approximate surface area is 121 Å². The lowest BCUT2D eigenvalue weighted by Crippen LogP contribution is -2.32. The van der Waals surface area contributed by atoms with Crippen molar-refractivity contribution in [1.82, 2.24) is 10.3 Å². The van der Waals surface area contributed by atoms with Crippen LogP contribution >= 0.6 is 0 Å². The van der Waals surface area contributed by atoms with Gasteiger partial charge in [-0.25, -0.2) is 0 Å². The van der Waals surface area contributed by atoms with Gasteiger partial charge in [-0.15, -0.1) is 0 Å². The summed E-state index contributed by atoms with van der Waals surface area (Å²) in [7, 11) is 1.76. The van der Waals surface area contributed by atoms with Crippen LogP contribution < -0.4 is 5.32 Å². The van der Waals surface area contributed by atoms with Crippen LogP contribution in [-0.2, 0) is 11.3 Å². The molecule has 0 aliphatic rings. The van der Waals surface area contributed by atoms with Crippen LogP contribution in [-0.4, -0.2) is 24.7 Å². The zero-order valence-electron chi connectivity index (χ0n) is 12.6. The van der Waals surface area contributed by atoms with E-state index in [1.54, 1.807) is 7.11 Å². The molecule has 0 spiro atoms. The Morgan fingerprint density at radius 2 is 2.10 bits per heavy atom. The van der Waals surface area contributed by atoms with Crippen LogP contribution in [0, 0.1) is 6.92 Å². The molecular formula is C17H24N2O. The van der Waals surface area contributed by atoms with E-state index in [1.165, 1.54) is 17.4 Å². The summed E-state index contributed by atoms with van der Waals surface area (Å²) < 4.78 is 5.26. The SMILES string of the molecule is CCCC(COC)NCc1ccc2nc(C)ccc2c1. The van der Waals surface area contributed by atoms with Crippen molar-refractivity contribution in [2.45, 2.75) is 39.3 Å². The van der Waals surface area contributed by atoms with Crippen LogP contribution in [0.4, 0.5) is 0 Å². The van der Waals surface area contributed by atoms with Crippen molar-refractivity contribution in [3.8, 4) is 0 Å². The van der Waals surface area contributed by atoms with Crippen molar-refractivity contribution in [3.63, 3.8) is 0 Å². The van der Waals surface area contributed by atoms with Gasteiger partial charge in [0.05, 0.1) is 12.1 Å². The van der Waals surface area contributed by atoms with Crippen LogP contribution in [0.3, 0.4) is 0 Å². The summed E-state index contributed by atoms with van der Waals surface area (Å²) in [6, 6.07) is 11.1. The highest BCUT2D eigenvalue weighted by Crippen LogP contribution is 2.15. The third-order valence-corrected chi connectivity index (χ3v) is 3.49. The molecule has 3 heteroatoms. The third-order valence-electron chi connectivity index (χ3n) is 3.49. The molecular weight excluding hydrogens is 248 g/mol. The Bertz CT molecular complexity index is 548. The monoisotopic (exact) mass is 272 g/mol. The molecule has 108 valence electrons. The third kappa shape index (κ3) is 4.02. The number of benzene rings is 1. The first-order valence-corrected chi connectivity index (χ1v) is 7.31. The van der Waals surface area contributed by atoms with Crippen molar-refractivity contribution < 1.29 is 4.74 Å². The van der Waals surface area contributed by atoms with E-state index < -0.39 is 0 Å². The minimum atomic E-state index is 0.428. The number of ether oxygens (including phenoxy) is 1. The maximum absolute atomic E-state index is 5.26. The second kappa shape index (κ2) is 7.36. The summed E-state index contributed by atoms with van der Waals surface area (Å²) in [5.74, 6) is 0. The second-order valence-corrected chi connectivity index (χ2v) is 5.30. The second-order valence-electron chi connectivity index (χ2n) is 5.30. The lowest BCUT2D eigenvalue weighted by molar-refractivity contribution is 0.161. The van der Waals surface area contributed by atoms with Gasteiger partial charge >= 0.3 is 0 Å². The summed E-state index contributed by atoms with van der Waals surface area (Å²) >= 11 is 0. The molecule has 0 aliphatic heterocycles. The van der Waals surface area contributed by atoms with Gasteiger partial charge < -0.3 is 10.1 Å². The van der Waals surface area contributed by atoms with Gasteiger partial charge in [0.1, 0.15) is 0 Å². The molecule has 1 N–H and O–H groups in total. The van der Waals surface area contributed by atoms with Crippen molar-refractivity contribution in [1.29, 1.82) is 0 Å². The van der Waals surface area contributed by atoms with Gasteiger partial charge in [-0.1, -0.05) is 25.5 Å². The first kappa shape index (κ1) is 14.9. The smallest absolute Gasteiger partial charge is 0.0705 e. The molecule has 0 radical (unpaired) electrons. The lowest BCUT2D eigenvalue weighted by Gasteiger charge is -2.17. The van der Waals surface area contributed by atoms with E-state index >= 15 is 0 Å². The molecule has 1 aromatic carbocycles. The Morgan fingerprint density at radius 3 is 2.85 bits per heavy atom. The molecule has 2 rings (SSSR count). The Hall–Kier alpha value is -1.45. The van der Waals surface area contributed by atoms with Gasteiger partial charge in [0.15, 0.2) is 0 Å². The number of aryl methyl sites for hydroxylation is 1. The minimum Gasteiger partial charge on any atom is -0.383 e. The van der Waals surface area contributed by atoms with Crippen LogP contribution in [0.15, 0.2) is 30.3 Å². The average Bonchev–Trinajstić information content (AvgIpc) is 2.45. The number of aromatic nitrogens is 1. The number of hydrogen-bond donors (Lipinski definition) is 1. The highest BCUT2D eigenvalue weighted by molar-refractivity contribution is 5.79. The fourth-order valence-electron chi connectivity index (χ4n) is 2.44. The van der Waals surface area contributed by atoms with E-state index in [0.29, 0.717) is 6.04 Å². The molecule has 0 aliphatic carbocycles. The average molecular weight is 272 g/mol. The standard InChI is InChI=1S/C17H24N2O/c1-4-5-16(12-20-3)18-11-14-7-9-17-15(10-14)8-6-13(2)19-17/h6-10,16,18H,4-5,11-12H2,1-3H3. The van der Waals surface area contributed by atoms with E-state index in [-0.39, 0.29) is 0 Å². The molecule has 0 saturated heterocycles. The molecule has 1 unspecified atom stereocenters. The molecule has 0 amide bonds. The molecule has 3 nitrogen and oxygen atoms in total. The quantitative estimate of drug-likeness (QED) is 0.838. The highest BCUT2D eigenvalue weighted by Gasteiger charge is 2.06. The van der Waals surface area contributed by atoms with Gasteiger partial charge in [-0.2, -0.15) is 0 Å². The lowest BCUT2D eigenvalue weighted by atomic mass is 10.1. The normalized spacial score (nSPS) is 12.8. The summed E-state index contributed by atoms with van der Waals surface area (Å²) in [5.41, 5.74) is 3.42. The van der Waals surface area contributed by atoms with Gasteiger partial charge in [-0.05, 0) is 37.1 Å². The van der Waals surface area contributed by atoms with E-state index in [9.17, 15) is 0 Å². The van der Waals surface area contributed by atoms with E-state index in [4.69, 9.17) is 4.74 Å². The molecule has 0 bridgehead atoms. The van der Waals surface area contributed by atoms with Gasteiger partial charge in [0.2, 0.25) is 0 Å². The number of fused-ring (bicyclic) bond motifs is 1. The Kier molecular flexibility index (Phi) is 5.50. The van der Waals surface area contributed by atoms with E-state index in [1.807, 2.05) is 6.92 Å². The minimum absolute atomic E-state index is 0.428. The first-order valence-electron chi connectivity index (χ1n) is 7.31. The zero-order chi connectivity index (χ0) is 14.4. The molecule has 0 saturated carbocycles. The van der Waals surface area contributed by atoms with E-state index in [0.717, 1.165) is 30.8 Å². The molecule has 1 heterocycles. The predicted octanol–water partition coefficient (Wildman–Crippen LogP) is 3.45. The van der Waals surface area contributed by atoms with E-state index in [2.05, 4.69) is 47.6 Å². The topological polar surface area (TPSA) is 34.1 Å². The highest BCUT2D eigenvalue weighted by atomic mass is 16.5. The van der Waals surface area contributed by atoms with Crippen molar-refractivity contribution in [2.24, 2.45) is 0 Å². The van der Waals surface area contributed by atoms with Gasteiger partial charge in [-0.3, -0.25) is 4.98 Å². The maximum atomic E-state index is 5.26. The van der Waals surface area contributed by atoms with Crippen LogP contribution in [0.1, 0.15) is 31.0 Å². The van der Waals surface area contributed by atoms with Crippen LogP contribution in [0.2, 0.25) is 0 Å². The summed E-state index contributed by atoms with van der Waals surface area (Å²) in [6.45, 7) is 5.86. The fraction of sp³-hybridized carbons (Fsp3) is 0.471. The summed E-state index contributed by atoms with van der Waals surface area (Å²) in [5, 5.41) is 4.77. The maximum Gasteiger partial charge on any atom is 0.0705 e. The van der Waals surface area contributed by atoms with Crippen LogP contribution in [0.5, 0.6) is 0 Å². The predicted molar refractivity (Wildman–Crippen MR) is 83.9 cm³/mol. The number of rotatable bonds is 7. The number of methoxy groups -OCH3 is 1.